The molecule has 2 rings (SSSR count). The first-order valence-electron chi connectivity index (χ1n) is 6.77. The summed E-state index contributed by atoms with van der Waals surface area (Å²) >= 11 is 0. The van der Waals surface area contributed by atoms with E-state index in [1.54, 1.807) is 5.57 Å². The van der Waals surface area contributed by atoms with Gasteiger partial charge in [0, 0.05) is 0 Å². The van der Waals surface area contributed by atoms with Gasteiger partial charge in [-0.05, 0) is 42.6 Å². The van der Waals surface area contributed by atoms with Crippen LogP contribution >= 0.6 is 0 Å². The predicted octanol–water partition coefficient (Wildman–Crippen LogP) is 5.00. The summed E-state index contributed by atoms with van der Waals surface area (Å²) in [6.07, 6.45) is 7.56. The van der Waals surface area contributed by atoms with Crippen molar-refractivity contribution < 1.29 is 0 Å². The molecule has 0 nitrogen and oxygen atoms in total. The van der Waals surface area contributed by atoms with Gasteiger partial charge in [0.15, 0.2) is 0 Å². The van der Waals surface area contributed by atoms with Gasteiger partial charge in [-0.2, -0.15) is 0 Å². The van der Waals surface area contributed by atoms with Crippen LogP contribution in [-0.4, -0.2) is 0 Å². The Balaban J connectivity index is 1.96. The maximum Gasteiger partial charge on any atom is -0.00671 e. The van der Waals surface area contributed by atoms with Crippen LogP contribution in [0.2, 0.25) is 0 Å². The number of hydrogen-bond acceptors (Lipinski definition) is 0. The topological polar surface area (TPSA) is 0 Å². The van der Waals surface area contributed by atoms with Gasteiger partial charge in [0.2, 0.25) is 0 Å². The van der Waals surface area contributed by atoms with Crippen LogP contribution in [0.15, 0.2) is 42.0 Å². The first-order valence-corrected chi connectivity index (χ1v) is 6.77. The number of allylic oxidation sites excluding steroid dienone is 2. The van der Waals surface area contributed by atoms with Crippen molar-refractivity contribution >= 4 is 0 Å². The molecule has 1 aromatic carbocycles. The largest absolute Gasteiger partial charge is 0.0847 e. The van der Waals surface area contributed by atoms with E-state index in [0.29, 0.717) is 5.41 Å². The van der Waals surface area contributed by atoms with Crippen LogP contribution in [-0.2, 0) is 6.42 Å². The zero-order valence-electron chi connectivity index (χ0n) is 11.4. The lowest BCUT2D eigenvalue weighted by Gasteiger charge is -2.33. The Labute approximate surface area is 106 Å². The zero-order valence-corrected chi connectivity index (χ0v) is 11.4. The molecular weight excluding hydrogens is 204 g/mol. The molecule has 1 aliphatic carbocycles. The lowest BCUT2D eigenvalue weighted by atomic mass is 9.72. The standard InChI is InChI=1S/C17H24/c1-17(2,3)16-11-9-15(10-12-16)13-14-7-5-4-6-8-14/h4-9,16H,10-13H2,1-3H3. The van der Waals surface area contributed by atoms with Gasteiger partial charge < -0.3 is 0 Å². The molecule has 92 valence electrons. The van der Waals surface area contributed by atoms with Gasteiger partial charge in [0.05, 0.1) is 0 Å². The zero-order chi connectivity index (χ0) is 12.3. The summed E-state index contributed by atoms with van der Waals surface area (Å²) in [7, 11) is 0. The quantitative estimate of drug-likeness (QED) is 0.625. The molecule has 1 aromatic rings. The molecule has 0 aromatic heterocycles. The Morgan fingerprint density at radius 1 is 1.12 bits per heavy atom. The molecule has 1 unspecified atom stereocenters. The van der Waals surface area contributed by atoms with Gasteiger partial charge in [-0.1, -0.05) is 62.8 Å². The van der Waals surface area contributed by atoms with Crippen LogP contribution in [0.1, 0.15) is 45.6 Å². The van der Waals surface area contributed by atoms with Crippen molar-refractivity contribution in [2.75, 3.05) is 0 Å². The Hall–Kier alpha value is -1.04. The van der Waals surface area contributed by atoms with Crippen LogP contribution in [0.3, 0.4) is 0 Å². The van der Waals surface area contributed by atoms with Crippen LogP contribution < -0.4 is 0 Å². The molecule has 0 aliphatic heterocycles. The highest BCUT2D eigenvalue weighted by atomic mass is 14.3. The molecule has 1 aliphatic rings. The third kappa shape index (κ3) is 3.46. The summed E-state index contributed by atoms with van der Waals surface area (Å²) in [5, 5.41) is 0. The summed E-state index contributed by atoms with van der Waals surface area (Å²) in [5.74, 6) is 0.863. The minimum Gasteiger partial charge on any atom is -0.0847 e. The maximum atomic E-state index is 2.49. The fourth-order valence-corrected chi connectivity index (χ4v) is 2.69. The molecule has 0 spiro atoms. The van der Waals surface area contributed by atoms with Crippen LogP contribution in [0.5, 0.6) is 0 Å². The Kier molecular flexibility index (Phi) is 3.71. The van der Waals surface area contributed by atoms with E-state index < -0.39 is 0 Å². The summed E-state index contributed by atoms with van der Waals surface area (Å²) < 4.78 is 0. The molecule has 0 bridgehead atoms. The lowest BCUT2D eigenvalue weighted by molar-refractivity contribution is 0.220. The Bertz CT molecular complexity index is 378. The van der Waals surface area contributed by atoms with Crippen LogP contribution in [0.4, 0.5) is 0 Å². The smallest absolute Gasteiger partial charge is 0.00671 e. The highest BCUT2D eigenvalue weighted by Crippen LogP contribution is 2.37. The van der Waals surface area contributed by atoms with E-state index in [1.165, 1.54) is 24.8 Å². The van der Waals surface area contributed by atoms with Crippen molar-refractivity contribution in [1.82, 2.24) is 0 Å². The molecule has 0 heteroatoms. The molecule has 1 atom stereocenters. The second-order valence-electron chi connectivity index (χ2n) is 6.36. The first-order chi connectivity index (χ1) is 8.05. The lowest BCUT2D eigenvalue weighted by Crippen LogP contribution is -2.22. The fraction of sp³-hybridized carbons (Fsp3) is 0.529. The van der Waals surface area contributed by atoms with E-state index in [1.807, 2.05) is 0 Å². The minimum atomic E-state index is 0.467. The predicted molar refractivity (Wildman–Crippen MR) is 75.0 cm³/mol. The monoisotopic (exact) mass is 228 g/mol. The van der Waals surface area contributed by atoms with E-state index in [4.69, 9.17) is 0 Å². The van der Waals surface area contributed by atoms with Gasteiger partial charge in [0.25, 0.3) is 0 Å². The summed E-state index contributed by atoms with van der Waals surface area (Å²) in [5.41, 5.74) is 3.55. The minimum absolute atomic E-state index is 0.467. The van der Waals surface area contributed by atoms with E-state index in [9.17, 15) is 0 Å². The van der Waals surface area contributed by atoms with Gasteiger partial charge >= 0.3 is 0 Å². The van der Waals surface area contributed by atoms with E-state index in [0.717, 1.165) is 12.3 Å². The van der Waals surface area contributed by atoms with Crippen LogP contribution in [0, 0.1) is 11.3 Å². The molecule has 0 saturated heterocycles. The summed E-state index contributed by atoms with van der Waals surface area (Å²) in [6.45, 7) is 7.11. The second kappa shape index (κ2) is 5.08. The summed E-state index contributed by atoms with van der Waals surface area (Å²) in [6, 6.07) is 10.8. The van der Waals surface area contributed by atoms with E-state index in [-0.39, 0.29) is 0 Å². The second-order valence-corrected chi connectivity index (χ2v) is 6.36. The van der Waals surface area contributed by atoms with Gasteiger partial charge in [-0.15, -0.1) is 0 Å². The number of rotatable bonds is 2. The average Bonchev–Trinajstić information content (AvgIpc) is 2.30. The molecule has 0 N–H and O–H groups in total. The van der Waals surface area contributed by atoms with Crippen LogP contribution in [0.25, 0.3) is 0 Å². The van der Waals surface area contributed by atoms with Crippen molar-refractivity contribution in [3.05, 3.63) is 47.5 Å². The first kappa shape index (κ1) is 12.4. The Morgan fingerprint density at radius 3 is 2.35 bits per heavy atom. The third-order valence-electron chi connectivity index (χ3n) is 4.00. The molecule has 0 fully saturated rings. The number of hydrogen-bond donors (Lipinski definition) is 0. The normalized spacial score (nSPS) is 21.1. The Morgan fingerprint density at radius 2 is 1.82 bits per heavy atom. The molecule has 0 amide bonds. The van der Waals surface area contributed by atoms with Gasteiger partial charge in [0.1, 0.15) is 0 Å². The molecule has 0 radical (unpaired) electrons. The number of benzene rings is 1. The van der Waals surface area contributed by atoms with E-state index >= 15 is 0 Å². The van der Waals surface area contributed by atoms with Gasteiger partial charge in [-0.3, -0.25) is 0 Å². The van der Waals surface area contributed by atoms with Crippen molar-refractivity contribution in [2.45, 2.75) is 46.5 Å². The third-order valence-corrected chi connectivity index (χ3v) is 4.00. The molecule has 0 heterocycles. The average molecular weight is 228 g/mol. The van der Waals surface area contributed by atoms with Crippen molar-refractivity contribution in [1.29, 1.82) is 0 Å². The summed E-state index contributed by atoms with van der Waals surface area (Å²) in [4.78, 5) is 0. The fourth-order valence-electron chi connectivity index (χ4n) is 2.69. The maximum absolute atomic E-state index is 2.49. The molecule has 17 heavy (non-hydrogen) atoms. The van der Waals surface area contributed by atoms with Crippen molar-refractivity contribution in [3.8, 4) is 0 Å². The highest BCUT2D eigenvalue weighted by Gasteiger charge is 2.25. The van der Waals surface area contributed by atoms with Gasteiger partial charge in [-0.25, -0.2) is 0 Å². The molecule has 0 saturated carbocycles. The van der Waals surface area contributed by atoms with Crippen molar-refractivity contribution in [3.63, 3.8) is 0 Å². The van der Waals surface area contributed by atoms with Crippen molar-refractivity contribution in [2.24, 2.45) is 11.3 Å². The molecular formula is C17H24. The highest BCUT2D eigenvalue weighted by molar-refractivity contribution is 5.23. The van der Waals surface area contributed by atoms with E-state index in [2.05, 4.69) is 57.2 Å². The SMILES string of the molecule is CC(C)(C)C1CC=C(Cc2ccccc2)CC1.